The van der Waals surface area contributed by atoms with Crippen molar-refractivity contribution < 1.29 is 19.1 Å². The largest absolute Gasteiger partial charge is 0.466 e. The third kappa shape index (κ3) is 2.81. The molecule has 1 spiro atoms. The molecule has 0 bridgehead atoms. The quantitative estimate of drug-likeness (QED) is 0.570. The first-order valence-electron chi connectivity index (χ1n) is 11.6. The Labute approximate surface area is 189 Å². The topological polar surface area (TPSA) is 67.9 Å². The number of fused-ring (bicyclic) bond motifs is 1. The monoisotopic (exact) mass is 436 g/mol. The summed E-state index contributed by atoms with van der Waals surface area (Å²) in [4.78, 5) is 28.3. The Kier molecular flexibility index (Phi) is 4.97. The minimum atomic E-state index is -0.355. The number of rotatable bonds is 4. The van der Waals surface area contributed by atoms with Crippen molar-refractivity contribution in [3.8, 4) is 0 Å². The summed E-state index contributed by atoms with van der Waals surface area (Å²) >= 11 is 0. The summed E-state index contributed by atoms with van der Waals surface area (Å²) in [5.74, 6) is -0.597. The highest BCUT2D eigenvalue weighted by atomic mass is 16.5. The van der Waals surface area contributed by atoms with Crippen LogP contribution in [0.4, 0.5) is 5.69 Å². The van der Waals surface area contributed by atoms with Gasteiger partial charge in [0, 0.05) is 28.9 Å². The number of benzene rings is 1. The van der Waals surface area contributed by atoms with E-state index in [0.29, 0.717) is 12.0 Å². The van der Waals surface area contributed by atoms with Crippen LogP contribution in [-0.2, 0) is 24.5 Å². The molecule has 0 amide bonds. The average molecular weight is 437 g/mol. The van der Waals surface area contributed by atoms with Gasteiger partial charge in [-0.05, 0) is 71.2 Å². The summed E-state index contributed by atoms with van der Waals surface area (Å²) < 4.78 is 11.3. The van der Waals surface area contributed by atoms with Gasteiger partial charge in [-0.1, -0.05) is 23.8 Å². The number of nitrogens with one attached hydrogen (secondary N) is 1. The smallest absolute Gasteiger partial charge is 0.335 e. The van der Waals surface area contributed by atoms with Crippen molar-refractivity contribution in [1.29, 1.82) is 0 Å². The van der Waals surface area contributed by atoms with Crippen molar-refractivity contribution in [2.75, 3.05) is 25.5 Å². The molecule has 32 heavy (non-hydrogen) atoms. The van der Waals surface area contributed by atoms with E-state index in [4.69, 9.17) is 9.47 Å². The van der Waals surface area contributed by atoms with Gasteiger partial charge < -0.3 is 14.8 Å². The van der Waals surface area contributed by atoms with Gasteiger partial charge in [-0.15, -0.1) is 0 Å². The van der Waals surface area contributed by atoms with E-state index < -0.39 is 0 Å². The van der Waals surface area contributed by atoms with E-state index in [2.05, 4.69) is 28.4 Å². The molecule has 0 radical (unpaired) electrons. The van der Waals surface area contributed by atoms with E-state index in [-0.39, 0.29) is 34.9 Å². The van der Waals surface area contributed by atoms with E-state index in [1.807, 2.05) is 26.8 Å². The normalized spacial score (nSPS) is 31.1. The van der Waals surface area contributed by atoms with Gasteiger partial charge in [-0.3, -0.25) is 4.90 Å². The Balaban J connectivity index is 1.69. The molecule has 5 rings (SSSR count). The minimum absolute atomic E-state index is 0.165. The molecule has 3 aliphatic heterocycles. The predicted molar refractivity (Wildman–Crippen MR) is 122 cm³/mol. The Morgan fingerprint density at radius 3 is 2.75 bits per heavy atom. The molecule has 6 nitrogen and oxygen atoms in total. The van der Waals surface area contributed by atoms with Crippen molar-refractivity contribution in [3.63, 3.8) is 0 Å². The molecule has 1 N–H and O–H groups in total. The molecule has 4 aliphatic rings. The number of carbonyl (C=O) groups excluding carboxylic acids is 2. The number of hydrogen-bond acceptors (Lipinski definition) is 6. The van der Waals surface area contributed by atoms with Crippen LogP contribution < -0.4 is 5.32 Å². The second kappa shape index (κ2) is 7.48. The third-order valence-electron chi connectivity index (χ3n) is 8.12. The molecule has 6 heteroatoms. The van der Waals surface area contributed by atoms with E-state index in [1.165, 1.54) is 12.7 Å². The fourth-order valence-electron chi connectivity index (χ4n) is 7.02. The van der Waals surface area contributed by atoms with Gasteiger partial charge in [-0.2, -0.15) is 0 Å². The maximum absolute atomic E-state index is 13.1. The molecular weight excluding hydrogens is 404 g/mol. The minimum Gasteiger partial charge on any atom is -0.466 e. The molecule has 170 valence electrons. The molecule has 2 saturated heterocycles. The van der Waals surface area contributed by atoms with Gasteiger partial charge in [0.05, 0.1) is 18.1 Å². The number of esters is 2. The van der Waals surface area contributed by atoms with Gasteiger partial charge in [0.1, 0.15) is 6.10 Å². The van der Waals surface area contributed by atoms with Crippen molar-refractivity contribution >= 4 is 17.6 Å². The molecular formula is C26H32N2O4. The van der Waals surface area contributed by atoms with Crippen LogP contribution in [0, 0.1) is 5.41 Å². The maximum Gasteiger partial charge on any atom is 0.335 e. The Morgan fingerprint density at radius 1 is 1.22 bits per heavy atom. The maximum atomic E-state index is 13.1. The molecule has 3 heterocycles. The second-order valence-electron chi connectivity index (χ2n) is 9.99. The number of carbonyl (C=O) groups is 2. The zero-order valence-corrected chi connectivity index (χ0v) is 19.4. The van der Waals surface area contributed by atoms with Crippen molar-refractivity contribution in [1.82, 2.24) is 4.90 Å². The molecule has 0 aromatic heterocycles. The fraction of sp³-hybridized carbons (Fsp3) is 0.538. The Hall–Kier alpha value is -2.60. The van der Waals surface area contributed by atoms with Gasteiger partial charge in [0.25, 0.3) is 0 Å². The summed E-state index contributed by atoms with van der Waals surface area (Å²) in [6.45, 7) is 7.80. The zero-order chi connectivity index (χ0) is 22.7. The van der Waals surface area contributed by atoms with Crippen molar-refractivity contribution in [2.45, 2.75) is 64.0 Å². The number of para-hydroxylation sites is 1. The number of allylic oxidation sites excluding steroid dienone is 1. The van der Waals surface area contributed by atoms with Gasteiger partial charge in [-0.25, -0.2) is 9.59 Å². The fourth-order valence-corrected chi connectivity index (χ4v) is 7.02. The van der Waals surface area contributed by atoms with E-state index >= 15 is 0 Å². The summed E-state index contributed by atoms with van der Waals surface area (Å²) in [6.07, 6.45) is 4.64. The summed E-state index contributed by atoms with van der Waals surface area (Å²) in [5, 5.41) is 3.61. The summed E-state index contributed by atoms with van der Waals surface area (Å²) in [5.41, 5.74) is 4.27. The number of nitrogens with zero attached hydrogens (tertiary/aromatic N) is 1. The van der Waals surface area contributed by atoms with E-state index in [9.17, 15) is 9.59 Å². The van der Waals surface area contributed by atoms with Crippen molar-refractivity contribution in [3.05, 3.63) is 52.7 Å². The van der Waals surface area contributed by atoms with Crippen LogP contribution in [0.3, 0.4) is 0 Å². The number of anilines is 1. The lowest BCUT2D eigenvalue weighted by Crippen LogP contribution is -2.64. The van der Waals surface area contributed by atoms with Gasteiger partial charge in [0.15, 0.2) is 0 Å². The molecule has 1 aliphatic carbocycles. The second-order valence-corrected chi connectivity index (χ2v) is 9.99. The standard InChI is InChI=1S/C26H32N2O4/c1-16(2)14-21(29)32-17(3)25-10-7-12-28-13-11-26(24(25)28)19-8-5-6-9-20(19)27-22(26)18(15-25)23(30)31-4/h5-6,8-9,14,17,24,27H,7,10-13,15H2,1-4H3/t17?,24-,25-,26-/m0/s1. The molecule has 1 aromatic rings. The van der Waals surface area contributed by atoms with Crippen LogP contribution in [0.1, 0.15) is 52.0 Å². The number of piperidine rings is 1. The van der Waals surface area contributed by atoms with Crippen LogP contribution in [0.2, 0.25) is 0 Å². The Morgan fingerprint density at radius 2 is 2.00 bits per heavy atom. The highest BCUT2D eigenvalue weighted by Crippen LogP contribution is 2.65. The van der Waals surface area contributed by atoms with Crippen LogP contribution in [0.5, 0.6) is 0 Å². The van der Waals surface area contributed by atoms with Crippen molar-refractivity contribution in [2.24, 2.45) is 5.41 Å². The first-order valence-corrected chi connectivity index (χ1v) is 11.6. The lowest BCUT2D eigenvalue weighted by atomic mass is 9.53. The third-order valence-corrected chi connectivity index (χ3v) is 8.12. The number of ether oxygens (including phenoxy) is 2. The lowest BCUT2D eigenvalue weighted by molar-refractivity contribution is -0.158. The summed E-state index contributed by atoms with van der Waals surface area (Å²) in [6, 6.07) is 8.56. The predicted octanol–water partition coefficient (Wildman–Crippen LogP) is 3.93. The van der Waals surface area contributed by atoms with Gasteiger partial charge in [0.2, 0.25) is 0 Å². The molecule has 1 unspecified atom stereocenters. The molecule has 0 saturated carbocycles. The lowest BCUT2D eigenvalue weighted by Gasteiger charge is -2.57. The van der Waals surface area contributed by atoms with Crippen LogP contribution in [-0.4, -0.2) is 49.2 Å². The zero-order valence-electron chi connectivity index (χ0n) is 19.4. The van der Waals surface area contributed by atoms with Crippen LogP contribution in [0.15, 0.2) is 47.2 Å². The highest BCUT2D eigenvalue weighted by molar-refractivity contribution is 5.93. The van der Waals surface area contributed by atoms with E-state index in [1.54, 1.807) is 6.08 Å². The van der Waals surface area contributed by atoms with E-state index in [0.717, 1.165) is 49.3 Å². The van der Waals surface area contributed by atoms with Crippen LogP contribution in [0.25, 0.3) is 0 Å². The first-order chi connectivity index (χ1) is 15.3. The number of hydrogen-bond donors (Lipinski definition) is 1. The molecule has 1 aromatic carbocycles. The van der Waals surface area contributed by atoms with Crippen LogP contribution >= 0.6 is 0 Å². The first kappa shape index (κ1) is 21.3. The average Bonchev–Trinajstić information content (AvgIpc) is 3.32. The van der Waals surface area contributed by atoms with Gasteiger partial charge >= 0.3 is 11.9 Å². The molecule has 2 fully saturated rings. The Bertz CT molecular complexity index is 1040. The molecule has 4 atom stereocenters. The SMILES string of the molecule is COC(=O)C1=C2Nc3ccccc3[C@@]23CCN2CCC[C@@](C(C)OC(=O)C=C(C)C)(C1)[C@H]23. The summed E-state index contributed by atoms with van der Waals surface area (Å²) in [7, 11) is 1.45. The highest BCUT2D eigenvalue weighted by Gasteiger charge is 2.68. The number of methoxy groups -OCH3 is 1.